The molecule has 6 heteroatoms. The van der Waals surface area contributed by atoms with Crippen LogP contribution in [0.2, 0.25) is 0 Å². The molecule has 0 saturated heterocycles. The topological polar surface area (TPSA) is 78.9 Å². The van der Waals surface area contributed by atoms with Gasteiger partial charge in [0.1, 0.15) is 13.2 Å². The van der Waals surface area contributed by atoms with Gasteiger partial charge in [0.25, 0.3) is 0 Å². The van der Waals surface area contributed by atoms with Crippen LogP contribution < -0.4 is 0 Å². The first-order valence-electron chi connectivity index (χ1n) is 26.2. The maximum Gasteiger partial charge on any atom is 0.306 e. The van der Waals surface area contributed by atoms with Gasteiger partial charge < -0.3 is 14.2 Å². The largest absolute Gasteiger partial charge is 0.462 e. The van der Waals surface area contributed by atoms with E-state index in [1.54, 1.807) is 0 Å². The quantitative estimate of drug-likeness (QED) is 0.0345. The highest BCUT2D eigenvalue weighted by molar-refractivity contribution is 5.71. The Balaban J connectivity index is 4.26. The fourth-order valence-electron chi connectivity index (χ4n) is 7.99. The fraction of sp³-hybridized carbons (Fsp3) is 0.943. The third kappa shape index (κ3) is 47.3. The summed E-state index contributed by atoms with van der Waals surface area (Å²) in [7, 11) is 0. The molecule has 350 valence electrons. The van der Waals surface area contributed by atoms with Crippen LogP contribution in [-0.2, 0) is 28.6 Å². The van der Waals surface area contributed by atoms with Crippen molar-refractivity contribution in [3.63, 3.8) is 0 Å². The Bertz CT molecular complexity index is 900. The molecule has 0 amide bonds. The van der Waals surface area contributed by atoms with Crippen molar-refractivity contribution in [3.8, 4) is 0 Å². The van der Waals surface area contributed by atoms with E-state index in [-0.39, 0.29) is 31.1 Å². The molecule has 0 aromatic heterocycles. The number of hydrogen-bond acceptors (Lipinski definition) is 6. The summed E-state index contributed by atoms with van der Waals surface area (Å²) in [6, 6.07) is 0. The van der Waals surface area contributed by atoms with E-state index in [1.165, 1.54) is 180 Å². The molecular formula is C53H102O6. The van der Waals surface area contributed by atoms with E-state index in [2.05, 4.69) is 34.6 Å². The summed E-state index contributed by atoms with van der Waals surface area (Å²) in [4.78, 5) is 37.9. The molecular weight excluding hydrogens is 733 g/mol. The van der Waals surface area contributed by atoms with E-state index in [0.717, 1.165) is 69.6 Å². The molecule has 0 aromatic rings. The van der Waals surface area contributed by atoms with Crippen molar-refractivity contribution in [1.29, 1.82) is 0 Å². The highest BCUT2D eigenvalue weighted by Gasteiger charge is 2.19. The first-order chi connectivity index (χ1) is 28.7. The van der Waals surface area contributed by atoms with Crippen molar-refractivity contribution in [1.82, 2.24) is 0 Å². The van der Waals surface area contributed by atoms with Gasteiger partial charge in [0.15, 0.2) is 6.10 Å². The Kier molecular flexibility index (Phi) is 44.7. The minimum absolute atomic E-state index is 0.0636. The molecule has 0 spiro atoms. The second-order valence-electron chi connectivity index (χ2n) is 19.1. The van der Waals surface area contributed by atoms with Gasteiger partial charge in [-0.1, -0.05) is 253 Å². The molecule has 0 aliphatic carbocycles. The molecule has 0 aliphatic rings. The number of unbranched alkanes of at least 4 members (excludes halogenated alkanes) is 32. The van der Waals surface area contributed by atoms with Crippen molar-refractivity contribution >= 4 is 17.9 Å². The molecule has 0 saturated carbocycles. The zero-order valence-electron chi connectivity index (χ0n) is 40.4. The lowest BCUT2D eigenvalue weighted by Crippen LogP contribution is -2.30. The summed E-state index contributed by atoms with van der Waals surface area (Å²) in [5.41, 5.74) is 0. The van der Waals surface area contributed by atoms with Gasteiger partial charge in [-0.2, -0.15) is 0 Å². The van der Waals surface area contributed by atoms with Crippen LogP contribution in [0.15, 0.2) is 0 Å². The number of carbonyl (C=O) groups is 3. The van der Waals surface area contributed by atoms with Gasteiger partial charge in [-0.25, -0.2) is 0 Å². The minimum atomic E-state index is -0.761. The summed E-state index contributed by atoms with van der Waals surface area (Å²) >= 11 is 0. The average Bonchev–Trinajstić information content (AvgIpc) is 3.20. The van der Waals surface area contributed by atoms with Crippen molar-refractivity contribution in [2.75, 3.05) is 13.2 Å². The third-order valence-corrected chi connectivity index (χ3v) is 12.0. The maximum atomic E-state index is 12.8. The molecule has 0 rings (SSSR count). The third-order valence-electron chi connectivity index (χ3n) is 12.0. The van der Waals surface area contributed by atoms with Crippen LogP contribution in [-0.4, -0.2) is 37.2 Å². The summed E-state index contributed by atoms with van der Waals surface area (Å²) in [5.74, 6) is 0.828. The van der Waals surface area contributed by atoms with Crippen LogP contribution in [0.25, 0.3) is 0 Å². The second-order valence-corrected chi connectivity index (χ2v) is 19.1. The van der Waals surface area contributed by atoms with E-state index < -0.39 is 6.10 Å². The highest BCUT2D eigenvalue weighted by atomic mass is 16.6. The van der Waals surface area contributed by atoms with E-state index in [0.29, 0.717) is 19.3 Å². The molecule has 0 unspecified atom stereocenters. The van der Waals surface area contributed by atoms with E-state index in [4.69, 9.17) is 14.2 Å². The summed E-state index contributed by atoms with van der Waals surface area (Å²) < 4.78 is 16.8. The van der Waals surface area contributed by atoms with Crippen molar-refractivity contribution in [3.05, 3.63) is 0 Å². The monoisotopic (exact) mass is 835 g/mol. The number of esters is 3. The Labute approximate surface area is 368 Å². The SMILES string of the molecule is CCCCCCCCCCCC(=O)OC[C@@H](COC(=O)CCCCCCCCCCCCCCC(C)C)OC(=O)CCCCCCCCCCCCCCCCC(C)C. The Morgan fingerprint density at radius 1 is 0.322 bits per heavy atom. The molecule has 0 heterocycles. The predicted molar refractivity (Wildman–Crippen MR) is 252 cm³/mol. The van der Waals surface area contributed by atoms with Crippen LogP contribution >= 0.6 is 0 Å². The molecule has 0 aromatic carbocycles. The lowest BCUT2D eigenvalue weighted by molar-refractivity contribution is -0.167. The smallest absolute Gasteiger partial charge is 0.306 e. The number of hydrogen-bond donors (Lipinski definition) is 0. The van der Waals surface area contributed by atoms with Gasteiger partial charge in [0, 0.05) is 19.3 Å². The Morgan fingerprint density at radius 3 is 0.831 bits per heavy atom. The van der Waals surface area contributed by atoms with Gasteiger partial charge in [0.05, 0.1) is 0 Å². The highest BCUT2D eigenvalue weighted by Crippen LogP contribution is 2.17. The van der Waals surface area contributed by atoms with Crippen LogP contribution in [0.5, 0.6) is 0 Å². The second kappa shape index (κ2) is 45.9. The molecule has 0 aliphatic heterocycles. The standard InChI is InChI=1S/C53H102O6/c1-6-7-8-9-10-21-28-33-38-43-51(54)57-46-50(47-58-52(55)44-39-34-29-24-19-16-15-18-23-27-32-37-42-49(4)5)59-53(56)45-40-35-30-25-20-14-12-11-13-17-22-26-31-36-41-48(2)3/h48-50H,6-47H2,1-5H3/t50-/m0/s1. The zero-order chi connectivity index (χ0) is 43.3. The van der Waals surface area contributed by atoms with Gasteiger partial charge in [0.2, 0.25) is 0 Å². The lowest BCUT2D eigenvalue weighted by Gasteiger charge is -2.18. The molecule has 1 atom stereocenters. The van der Waals surface area contributed by atoms with Crippen LogP contribution in [0.1, 0.15) is 291 Å². The fourth-order valence-corrected chi connectivity index (χ4v) is 7.99. The molecule has 0 fully saturated rings. The first kappa shape index (κ1) is 57.4. The molecule has 6 nitrogen and oxygen atoms in total. The Morgan fingerprint density at radius 2 is 0.559 bits per heavy atom. The van der Waals surface area contributed by atoms with Gasteiger partial charge >= 0.3 is 17.9 Å². The zero-order valence-corrected chi connectivity index (χ0v) is 40.4. The van der Waals surface area contributed by atoms with Crippen LogP contribution in [0, 0.1) is 11.8 Å². The maximum absolute atomic E-state index is 12.8. The molecule has 0 radical (unpaired) electrons. The normalized spacial score (nSPS) is 12.1. The number of rotatable bonds is 47. The van der Waals surface area contributed by atoms with Gasteiger partial charge in [-0.3, -0.25) is 14.4 Å². The van der Waals surface area contributed by atoms with E-state index in [9.17, 15) is 14.4 Å². The molecule has 0 bridgehead atoms. The summed E-state index contributed by atoms with van der Waals surface area (Å²) in [5, 5.41) is 0. The minimum Gasteiger partial charge on any atom is -0.462 e. The van der Waals surface area contributed by atoms with E-state index in [1.807, 2.05) is 0 Å². The Hall–Kier alpha value is -1.59. The van der Waals surface area contributed by atoms with Gasteiger partial charge in [-0.05, 0) is 31.1 Å². The van der Waals surface area contributed by atoms with Gasteiger partial charge in [-0.15, -0.1) is 0 Å². The van der Waals surface area contributed by atoms with Crippen LogP contribution in [0.4, 0.5) is 0 Å². The van der Waals surface area contributed by atoms with Crippen molar-refractivity contribution < 1.29 is 28.6 Å². The average molecular weight is 835 g/mol. The first-order valence-corrected chi connectivity index (χ1v) is 26.2. The molecule has 59 heavy (non-hydrogen) atoms. The van der Waals surface area contributed by atoms with Crippen molar-refractivity contribution in [2.24, 2.45) is 11.8 Å². The van der Waals surface area contributed by atoms with Crippen molar-refractivity contribution in [2.45, 2.75) is 298 Å². The lowest BCUT2D eigenvalue weighted by atomic mass is 10.0. The molecule has 0 N–H and O–H groups in total. The number of ether oxygens (including phenoxy) is 3. The summed E-state index contributed by atoms with van der Waals surface area (Å²) in [6.07, 6.45) is 46.6. The predicted octanol–water partition coefficient (Wildman–Crippen LogP) is 16.9. The number of carbonyl (C=O) groups excluding carboxylic acids is 3. The summed E-state index contributed by atoms with van der Waals surface area (Å²) in [6.45, 7) is 11.4. The van der Waals surface area contributed by atoms with Crippen LogP contribution in [0.3, 0.4) is 0 Å². The van der Waals surface area contributed by atoms with E-state index >= 15 is 0 Å².